The van der Waals surface area contributed by atoms with Crippen molar-refractivity contribution in [1.82, 2.24) is 5.32 Å². The molecule has 0 spiro atoms. The van der Waals surface area contributed by atoms with Gasteiger partial charge in [0, 0.05) is 20.2 Å². The minimum absolute atomic E-state index is 0. The van der Waals surface area contributed by atoms with Crippen LogP contribution in [0.2, 0.25) is 0 Å². The summed E-state index contributed by atoms with van der Waals surface area (Å²) < 4.78 is 4.79. The molecule has 64 valence electrons. The van der Waals surface area contributed by atoms with Crippen LogP contribution in [-0.2, 0) is 9.57 Å². The molecule has 0 aromatic rings. The summed E-state index contributed by atoms with van der Waals surface area (Å²) in [6.07, 6.45) is 0. The summed E-state index contributed by atoms with van der Waals surface area (Å²) in [6, 6.07) is 0. The highest BCUT2D eigenvalue weighted by Crippen LogP contribution is 1.64. The second kappa shape index (κ2) is 11.6. The Morgan fingerprint density at radius 2 is 1.90 bits per heavy atom. The third-order valence-electron chi connectivity index (χ3n) is 0.880. The Bertz CT molecular complexity index is 47.0. The van der Waals surface area contributed by atoms with Gasteiger partial charge in [-0.05, 0) is 0 Å². The number of hydrogen-bond donors (Lipinski definition) is 2. The summed E-state index contributed by atoms with van der Waals surface area (Å²) in [5.41, 5.74) is 0. The molecule has 0 aliphatic carbocycles. The quantitative estimate of drug-likeness (QED) is 0.405. The molecule has 4 nitrogen and oxygen atoms in total. The van der Waals surface area contributed by atoms with Crippen LogP contribution in [0.1, 0.15) is 7.43 Å². The summed E-state index contributed by atoms with van der Waals surface area (Å²) in [4.78, 5) is 4.32. The first kappa shape index (κ1) is 12.5. The summed E-state index contributed by atoms with van der Waals surface area (Å²) in [5, 5.41) is 3.06. The maximum absolute atomic E-state index is 4.79. The van der Waals surface area contributed by atoms with Crippen molar-refractivity contribution in [2.45, 2.75) is 7.43 Å². The van der Waals surface area contributed by atoms with Gasteiger partial charge in [0.05, 0.1) is 13.2 Å². The van der Waals surface area contributed by atoms with E-state index in [-0.39, 0.29) is 7.43 Å². The maximum Gasteiger partial charge on any atom is 0.0803 e. The fourth-order valence-corrected chi connectivity index (χ4v) is 0.430. The zero-order chi connectivity index (χ0) is 6.95. The Morgan fingerprint density at radius 1 is 1.30 bits per heavy atom. The first-order valence-corrected chi connectivity index (χ1v) is 2.93. The molecule has 0 fully saturated rings. The van der Waals surface area contributed by atoms with Crippen molar-refractivity contribution >= 4 is 0 Å². The van der Waals surface area contributed by atoms with Crippen molar-refractivity contribution in [3.8, 4) is 0 Å². The molecule has 0 radical (unpaired) electrons. The molecule has 4 heteroatoms. The van der Waals surface area contributed by atoms with Crippen LogP contribution in [0.25, 0.3) is 0 Å². The van der Waals surface area contributed by atoms with Crippen molar-refractivity contribution in [2.24, 2.45) is 5.90 Å². The van der Waals surface area contributed by atoms with E-state index in [1.165, 1.54) is 0 Å². The van der Waals surface area contributed by atoms with E-state index in [9.17, 15) is 0 Å². The van der Waals surface area contributed by atoms with Crippen LogP contribution in [0.3, 0.4) is 0 Å². The van der Waals surface area contributed by atoms with Crippen molar-refractivity contribution in [2.75, 3.05) is 33.4 Å². The zero-order valence-corrected chi connectivity index (χ0v) is 5.72. The number of hydrogen-bond acceptors (Lipinski definition) is 4. The Labute approximate surface area is 62.6 Å². The highest BCUT2D eigenvalue weighted by molar-refractivity contribution is 4.42. The van der Waals surface area contributed by atoms with Gasteiger partial charge in [-0.3, -0.25) is 0 Å². The standard InChI is InChI=1S/C5H14N2O2.CH4/c1-8-4-2-7-3-5-9-6;/h7H,2-6H2,1H3;1H4. The fraction of sp³-hybridized carbons (Fsp3) is 1.00. The molecule has 0 saturated heterocycles. The average molecular weight is 150 g/mol. The lowest BCUT2D eigenvalue weighted by Gasteiger charge is -2.00. The molecule has 0 heterocycles. The number of nitrogens with one attached hydrogen (secondary N) is 1. The molecule has 10 heavy (non-hydrogen) atoms. The van der Waals surface area contributed by atoms with Crippen LogP contribution < -0.4 is 11.2 Å². The highest BCUT2D eigenvalue weighted by atomic mass is 16.6. The van der Waals surface area contributed by atoms with E-state index in [4.69, 9.17) is 10.6 Å². The topological polar surface area (TPSA) is 56.5 Å². The van der Waals surface area contributed by atoms with E-state index >= 15 is 0 Å². The van der Waals surface area contributed by atoms with Crippen LogP contribution in [0.4, 0.5) is 0 Å². The molecule has 0 aromatic heterocycles. The monoisotopic (exact) mass is 150 g/mol. The Balaban J connectivity index is 0. The van der Waals surface area contributed by atoms with E-state index in [1.54, 1.807) is 7.11 Å². The van der Waals surface area contributed by atoms with Crippen LogP contribution in [0, 0.1) is 0 Å². The number of nitrogens with two attached hydrogens (primary N) is 1. The third kappa shape index (κ3) is 10.8. The van der Waals surface area contributed by atoms with Gasteiger partial charge >= 0.3 is 0 Å². The molecule has 0 aliphatic heterocycles. The van der Waals surface area contributed by atoms with Crippen LogP contribution in [-0.4, -0.2) is 33.4 Å². The van der Waals surface area contributed by atoms with E-state index in [0.29, 0.717) is 6.61 Å². The van der Waals surface area contributed by atoms with E-state index in [1.807, 2.05) is 0 Å². The van der Waals surface area contributed by atoms with Gasteiger partial charge in [0.1, 0.15) is 0 Å². The van der Waals surface area contributed by atoms with Crippen LogP contribution >= 0.6 is 0 Å². The largest absolute Gasteiger partial charge is 0.383 e. The second-order valence-corrected chi connectivity index (χ2v) is 1.61. The van der Waals surface area contributed by atoms with Gasteiger partial charge in [0.25, 0.3) is 0 Å². The Hall–Kier alpha value is -0.160. The summed E-state index contributed by atoms with van der Waals surface area (Å²) >= 11 is 0. The lowest BCUT2D eigenvalue weighted by atomic mass is 10.6. The predicted molar refractivity (Wildman–Crippen MR) is 41.6 cm³/mol. The minimum atomic E-state index is 0. The minimum Gasteiger partial charge on any atom is -0.383 e. The van der Waals surface area contributed by atoms with E-state index < -0.39 is 0 Å². The molecule has 3 N–H and O–H groups in total. The second-order valence-electron chi connectivity index (χ2n) is 1.61. The molecule has 0 aliphatic rings. The number of ether oxygens (including phenoxy) is 1. The fourth-order valence-electron chi connectivity index (χ4n) is 0.430. The van der Waals surface area contributed by atoms with Crippen molar-refractivity contribution in [3.05, 3.63) is 0 Å². The summed E-state index contributed by atoms with van der Waals surface area (Å²) in [7, 11) is 1.67. The van der Waals surface area contributed by atoms with Crippen molar-refractivity contribution in [1.29, 1.82) is 0 Å². The first-order valence-electron chi connectivity index (χ1n) is 2.93. The Morgan fingerprint density at radius 3 is 2.40 bits per heavy atom. The van der Waals surface area contributed by atoms with Gasteiger partial charge in [-0.2, -0.15) is 0 Å². The molecule has 0 unspecified atom stereocenters. The lowest BCUT2D eigenvalue weighted by Crippen LogP contribution is -2.24. The predicted octanol–water partition coefficient (Wildman–Crippen LogP) is -0.251. The molecule has 0 bridgehead atoms. The molecule has 0 aromatic carbocycles. The zero-order valence-electron chi connectivity index (χ0n) is 5.72. The molecule has 0 rings (SSSR count). The smallest absolute Gasteiger partial charge is 0.0803 e. The van der Waals surface area contributed by atoms with Gasteiger partial charge in [-0.25, -0.2) is 5.90 Å². The van der Waals surface area contributed by atoms with Crippen LogP contribution in [0.5, 0.6) is 0 Å². The average Bonchev–Trinajstić information content (AvgIpc) is 1.89. The van der Waals surface area contributed by atoms with Gasteiger partial charge < -0.3 is 14.9 Å². The summed E-state index contributed by atoms with van der Waals surface area (Å²) in [6.45, 7) is 2.90. The third-order valence-corrected chi connectivity index (χ3v) is 0.880. The number of methoxy groups -OCH3 is 1. The van der Waals surface area contributed by atoms with Gasteiger partial charge in [0.2, 0.25) is 0 Å². The molecular weight excluding hydrogens is 132 g/mol. The van der Waals surface area contributed by atoms with E-state index in [0.717, 1.165) is 19.7 Å². The van der Waals surface area contributed by atoms with Crippen molar-refractivity contribution in [3.63, 3.8) is 0 Å². The molecular formula is C6H18N2O2. The highest BCUT2D eigenvalue weighted by Gasteiger charge is 1.83. The molecule has 0 atom stereocenters. The van der Waals surface area contributed by atoms with Gasteiger partial charge in [0.15, 0.2) is 0 Å². The summed E-state index contributed by atoms with van der Waals surface area (Å²) in [5.74, 6) is 4.77. The molecule has 0 saturated carbocycles. The van der Waals surface area contributed by atoms with E-state index in [2.05, 4.69) is 10.2 Å². The first-order chi connectivity index (χ1) is 4.41. The number of rotatable bonds is 6. The van der Waals surface area contributed by atoms with Gasteiger partial charge in [-0.1, -0.05) is 7.43 Å². The maximum atomic E-state index is 4.79. The normalized spacial score (nSPS) is 9.00. The molecule has 0 amide bonds. The van der Waals surface area contributed by atoms with Crippen molar-refractivity contribution < 1.29 is 9.57 Å². The van der Waals surface area contributed by atoms with Gasteiger partial charge in [-0.15, -0.1) is 0 Å². The Kier molecular flexibility index (Phi) is 14.5. The lowest BCUT2D eigenvalue weighted by molar-refractivity contribution is 0.136. The SMILES string of the molecule is C.COCCNCCON. The van der Waals surface area contributed by atoms with Crippen LogP contribution in [0.15, 0.2) is 0 Å².